The van der Waals surface area contributed by atoms with Crippen molar-refractivity contribution < 1.29 is 14.3 Å². The Hall–Kier alpha value is -2.01. The van der Waals surface area contributed by atoms with Crippen LogP contribution in [0.15, 0.2) is 24.3 Å². The van der Waals surface area contributed by atoms with Crippen molar-refractivity contribution in [2.24, 2.45) is 0 Å². The zero-order valence-corrected chi connectivity index (χ0v) is 16.1. The van der Waals surface area contributed by atoms with Gasteiger partial charge in [0, 0.05) is 23.1 Å². The largest absolute Gasteiger partial charge is 0.497 e. The molecule has 5 heteroatoms. The molecule has 0 bridgehead atoms. The monoisotopic (exact) mass is 359 g/mol. The highest BCUT2D eigenvalue weighted by Crippen LogP contribution is 2.40. The van der Waals surface area contributed by atoms with Crippen LogP contribution in [0.2, 0.25) is 0 Å². The molecular formula is C20H25NO3S. The van der Waals surface area contributed by atoms with Crippen LogP contribution in [-0.4, -0.2) is 31.6 Å². The van der Waals surface area contributed by atoms with E-state index in [-0.39, 0.29) is 11.9 Å². The van der Waals surface area contributed by atoms with Crippen molar-refractivity contribution in [3.63, 3.8) is 0 Å². The van der Waals surface area contributed by atoms with Crippen molar-refractivity contribution in [3.8, 4) is 11.5 Å². The Morgan fingerprint density at radius 1 is 1.28 bits per heavy atom. The van der Waals surface area contributed by atoms with Crippen molar-refractivity contribution in [2.75, 3.05) is 20.8 Å². The molecule has 0 aliphatic carbocycles. The number of hydrogen-bond donors (Lipinski definition) is 0. The summed E-state index contributed by atoms with van der Waals surface area (Å²) < 4.78 is 10.8. The standard InChI is InChI=1S/C20H25NO3S/c1-5-14-11-19(25-13(14)2)20(22)21-10-6-7-17(21)16-9-8-15(23-3)12-18(16)24-4/h8-9,11-12,17H,5-7,10H2,1-4H3/t17-/m1/s1. The minimum Gasteiger partial charge on any atom is -0.497 e. The molecule has 1 aromatic heterocycles. The number of carbonyl (C=O) groups is 1. The highest BCUT2D eigenvalue weighted by molar-refractivity contribution is 7.14. The Bertz CT molecular complexity index is 768. The first-order chi connectivity index (χ1) is 12.1. The van der Waals surface area contributed by atoms with E-state index < -0.39 is 0 Å². The summed E-state index contributed by atoms with van der Waals surface area (Å²) in [5.74, 6) is 1.67. The van der Waals surface area contributed by atoms with Crippen LogP contribution in [0.1, 0.15) is 51.5 Å². The highest BCUT2D eigenvalue weighted by atomic mass is 32.1. The van der Waals surface area contributed by atoms with Crippen LogP contribution in [0.3, 0.4) is 0 Å². The number of benzene rings is 1. The van der Waals surface area contributed by atoms with E-state index in [2.05, 4.69) is 19.9 Å². The number of rotatable bonds is 5. The minimum atomic E-state index is 0.0563. The molecule has 1 fully saturated rings. The van der Waals surface area contributed by atoms with Gasteiger partial charge in [-0.05, 0) is 49.9 Å². The zero-order chi connectivity index (χ0) is 18.0. The maximum atomic E-state index is 13.1. The van der Waals surface area contributed by atoms with Crippen LogP contribution in [0.25, 0.3) is 0 Å². The van der Waals surface area contributed by atoms with Crippen molar-refractivity contribution in [2.45, 2.75) is 39.2 Å². The van der Waals surface area contributed by atoms with Gasteiger partial charge in [0.1, 0.15) is 11.5 Å². The number of thiophene rings is 1. The van der Waals surface area contributed by atoms with E-state index in [9.17, 15) is 4.79 Å². The fourth-order valence-corrected chi connectivity index (χ4v) is 4.61. The van der Waals surface area contributed by atoms with Gasteiger partial charge < -0.3 is 14.4 Å². The molecule has 1 atom stereocenters. The van der Waals surface area contributed by atoms with Gasteiger partial charge >= 0.3 is 0 Å². The number of likely N-dealkylation sites (tertiary alicyclic amines) is 1. The summed E-state index contributed by atoms with van der Waals surface area (Å²) in [6.45, 7) is 5.01. The summed E-state index contributed by atoms with van der Waals surface area (Å²) >= 11 is 1.60. The lowest BCUT2D eigenvalue weighted by molar-refractivity contribution is 0.0739. The topological polar surface area (TPSA) is 38.8 Å². The summed E-state index contributed by atoms with van der Waals surface area (Å²) in [5.41, 5.74) is 2.32. The Balaban J connectivity index is 1.91. The van der Waals surface area contributed by atoms with Gasteiger partial charge in [0.05, 0.1) is 25.1 Å². The molecule has 0 radical (unpaired) electrons. The Morgan fingerprint density at radius 2 is 2.08 bits per heavy atom. The van der Waals surface area contributed by atoms with E-state index >= 15 is 0 Å². The summed E-state index contributed by atoms with van der Waals surface area (Å²) in [6, 6.07) is 7.96. The van der Waals surface area contributed by atoms with Gasteiger partial charge in [-0.2, -0.15) is 0 Å². The van der Waals surface area contributed by atoms with Crippen LogP contribution in [0, 0.1) is 6.92 Å². The first-order valence-corrected chi connectivity index (χ1v) is 9.52. The van der Waals surface area contributed by atoms with Crippen LogP contribution in [0.4, 0.5) is 0 Å². The van der Waals surface area contributed by atoms with E-state index in [0.29, 0.717) is 0 Å². The maximum absolute atomic E-state index is 13.1. The molecule has 1 aliphatic heterocycles. The third kappa shape index (κ3) is 3.38. The lowest BCUT2D eigenvalue weighted by atomic mass is 10.0. The van der Waals surface area contributed by atoms with Crippen molar-refractivity contribution in [3.05, 3.63) is 45.1 Å². The average Bonchev–Trinajstić information content (AvgIpc) is 3.26. The van der Waals surface area contributed by atoms with Gasteiger partial charge in [-0.1, -0.05) is 6.92 Å². The van der Waals surface area contributed by atoms with E-state index in [1.54, 1.807) is 25.6 Å². The summed E-state index contributed by atoms with van der Waals surface area (Å²) in [6.07, 6.45) is 2.93. The van der Waals surface area contributed by atoms with Crippen molar-refractivity contribution in [1.29, 1.82) is 0 Å². The van der Waals surface area contributed by atoms with Crippen LogP contribution in [-0.2, 0) is 6.42 Å². The number of amides is 1. The number of hydrogen-bond acceptors (Lipinski definition) is 4. The number of carbonyl (C=O) groups excluding carboxylic acids is 1. The Labute approximate surface area is 153 Å². The molecule has 0 unspecified atom stereocenters. The molecule has 1 aromatic carbocycles. The molecule has 1 amide bonds. The van der Waals surface area contributed by atoms with Crippen molar-refractivity contribution in [1.82, 2.24) is 4.90 Å². The van der Waals surface area contributed by atoms with E-state index in [0.717, 1.165) is 47.7 Å². The molecule has 2 aromatic rings. The van der Waals surface area contributed by atoms with Crippen LogP contribution in [0.5, 0.6) is 11.5 Å². The van der Waals surface area contributed by atoms with Gasteiger partial charge in [0.25, 0.3) is 5.91 Å². The second-order valence-electron chi connectivity index (χ2n) is 6.31. The Kier molecular flexibility index (Phi) is 5.33. The third-order valence-corrected chi connectivity index (χ3v) is 6.01. The average molecular weight is 359 g/mol. The Morgan fingerprint density at radius 3 is 2.72 bits per heavy atom. The second kappa shape index (κ2) is 7.48. The van der Waals surface area contributed by atoms with Gasteiger partial charge in [-0.25, -0.2) is 0 Å². The fraction of sp³-hybridized carbons (Fsp3) is 0.450. The molecule has 2 heterocycles. The third-order valence-electron chi connectivity index (χ3n) is 4.93. The lowest BCUT2D eigenvalue weighted by Gasteiger charge is -2.26. The highest BCUT2D eigenvalue weighted by Gasteiger charge is 2.33. The minimum absolute atomic E-state index is 0.0563. The zero-order valence-electron chi connectivity index (χ0n) is 15.3. The van der Waals surface area contributed by atoms with Gasteiger partial charge in [0.2, 0.25) is 0 Å². The van der Waals surface area contributed by atoms with Crippen LogP contribution >= 0.6 is 11.3 Å². The molecule has 134 valence electrons. The molecule has 1 saturated heterocycles. The van der Waals surface area contributed by atoms with Crippen molar-refractivity contribution >= 4 is 17.2 Å². The summed E-state index contributed by atoms with van der Waals surface area (Å²) in [7, 11) is 3.31. The fourth-order valence-electron chi connectivity index (χ4n) is 3.54. The summed E-state index contributed by atoms with van der Waals surface area (Å²) in [4.78, 5) is 17.2. The van der Waals surface area contributed by atoms with E-state index in [1.165, 1.54) is 10.4 Å². The molecule has 0 N–H and O–H groups in total. The predicted octanol–water partition coefficient (Wildman–Crippen LogP) is 4.61. The van der Waals surface area contributed by atoms with Gasteiger partial charge in [-0.15, -0.1) is 11.3 Å². The predicted molar refractivity (Wildman–Crippen MR) is 101 cm³/mol. The van der Waals surface area contributed by atoms with E-state index in [4.69, 9.17) is 9.47 Å². The van der Waals surface area contributed by atoms with E-state index in [1.807, 2.05) is 23.1 Å². The quantitative estimate of drug-likeness (QED) is 0.782. The van der Waals surface area contributed by atoms with Crippen LogP contribution < -0.4 is 9.47 Å². The molecule has 0 spiro atoms. The molecular weight excluding hydrogens is 334 g/mol. The van der Waals surface area contributed by atoms with Gasteiger partial charge in [-0.3, -0.25) is 4.79 Å². The number of aryl methyl sites for hydroxylation is 2. The first kappa shape index (κ1) is 17.8. The smallest absolute Gasteiger partial charge is 0.264 e. The number of methoxy groups -OCH3 is 2. The normalized spacial score (nSPS) is 17.0. The number of ether oxygens (including phenoxy) is 2. The number of nitrogens with zero attached hydrogens (tertiary/aromatic N) is 1. The SMILES string of the molecule is CCc1cc(C(=O)N2CCC[C@@H]2c2ccc(OC)cc2OC)sc1C. The first-order valence-electron chi connectivity index (χ1n) is 8.71. The van der Waals surface area contributed by atoms with Gasteiger partial charge in [0.15, 0.2) is 0 Å². The summed E-state index contributed by atoms with van der Waals surface area (Å²) in [5, 5.41) is 0. The molecule has 4 nitrogen and oxygen atoms in total. The second-order valence-corrected chi connectivity index (χ2v) is 7.57. The molecule has 3 rings (SSSR count). The molecule has 25 heavy (non-hydrogen) atoms. The molecule has 1 aliphatic rings. The molecule has 0 saturated carbocycles. The lowest BCUT2D eigenvalue weighted by Crippen LogP contribution is -2.30. The maximum Gasteiger partial charge on any atom is 0.264 e.